The molecule has 5 nitrogen and oxygen atoms in total. The van der Waals surface area contributed by atoms with Crippen LogP contribution in [-0.4, -0.2) is 23.3 Å². The highest BCUT2D eigenvalue weighted by Gasteiger charge is 2.07. The molecule has 7 heteroatoms. The molecule has 4 rings (SSSR count). The Morgan fingerprint density at radius 1 is 0.967 bits per heavy atom. The van der Waals surface area contributed by atoms with Crippen molar-refractivity contribution >= 4 is 34.1 Å². The Balaban J connectivity index is 1.52. The molecular formula is C23H18Cl2N2O3. The van der Waals surface area contributed by atoms with Crippen molar-refractivity contribution in [3.63, 3.8) is 0 Å². The summed E-state index contributed by atoms with van der Waals surface area (Å²) in [5, 5.41) is 1.84. The fourth-order valence-electron chi connectivity index (χ4n) is 3.16. The molecule has 0 unspecified atom stereocenters. The maximum absolute atomic E-state index is 12.3. The lowest BCUT2D eigenvalue weighted by molar-refractivity contribution is 0.299. The fourth-order valence-corrected chi connectivity index (χ4v) is 3.46. The van der Waals surface area contributed by atoms with Crippen molar-refractivity contribution in [3.8, 4) is 22.6 Å². The van der Waals surface area contributed by atoms with E-state index in [1.54, 1.807) is 42.3 Å². The molecule has 2 heterocycles. The van der Waals surface area contributed by atoms with E-state index in [1.165, 1.54) is 6.07 Å². The lowest BCUT2D eigenvalue weighted by atomic mass is 10.1. The van der Waals surface area contributed by atoms with Crippen LogP contribution in [0.2, 0.25) is 10.0 Å². The Kier molecular flexibility index (Phi) is 5.93. The van der Waals surface area contributed by atoms with E-state index in [-0.39, 0.29) is 5.56 Å². The number of pyridine rings is 2. The van der Waals surface area contributed by atoms with Gasteiger partial charge in [0.1, 0.15) is 18.1 Å². The van der Waals surface area contributed by atoms with Crippen molar-refractivity contribution in [3.05, 3.63) is 87.4 Å². The van der Waals surface area contributed by atoms with Crippen molar-refractivity contribution in [2.24, 2.45) is 0 Å². The van der Waals surface area contributed by atoms with Gasteiger partial charge in [-0.15, -0.1) is 0 Å². The first-order valence-electron chi connectivity index (χ1n) is 9.26. The number of aromatic nitrogens is 2. The largest absolute Gasteiger partial charge is 0.497 e. The predicted molar refractivity (Wildman–Crippen MR) is 120 cm³/mol. The summed E-state index contributed by atoms with van der Waals surface area (Å²) in [7, 11) is 1.62. The number of ether oxygens (including phenoxy) is 2. The summed E-state index contributed by atoms with van der Waals surface area (Å²) >= 11 is 12.1. The normalized spacial score (nSPS) is 10.9. The third-order valence-electron chi connectivity index (χ3n) is 4.74. The smallest absolute Gasteiger partial charge is 0.250 e. The van der Waals surface area contributed by atoms with Crippen LogP contribution in [-0.2, 0) is 6.54 Å². The first kappa shape index (κ1) is 20.3. The zero-order valence-corrected chi connectivity index (χ0v) is 17.7. The van der Waals surface area contributed by atoms with Crippen LogP contribution in [0, 0.1) is 0 Å². The molecule has 0 fully saturated rings. The van der Waals surface area contributed by atoms with Crippen molar-refractivity contribution in [1.29, 1.82) is 0 Å². The van der Waals surface area contributed by atoms with Crippen LogP contribution in [0.1, 0.15) is 0 Å². The Morgan fingerprint density at radius 3 is 2.60 bits per heavy atom. The van der Waals surface area contributed by atoms with Gasteiger partial charge in [-0.2, -0.15) is 0 Å². The van der Waals surface area contributed by atoms with E-state index >= 15 is 0 Å². The minimum absolute atomic E-state index is 0.105. The second-order valence-electron chi connectivity index (χ2n) is 6.62. The van der Waals surface area contributed by atoms with E-state index < -0.39 is 0 Å². The summed E-state index contributed by atoms with van der Waals surface area (Å²) in [6.07, 6.45) is 3.48. The van der Waals surface area contributed by atoms with E-state index in [2.05, 4.69) is 4.98 Å². The summed E-state index contributed by atoms with van der Waals surface area (Å²) < 4.78 is 12.8. The Morgan fingerprint density at radius 2 is 1.80 bits per heavy atom. The molecule has 0 bridgehead atoms. The fraction of sp³-hybridized carbons (Fsp3) is 0.130. The van der Waals surface area contributed by atoms with Gasteiger partial charge in [-0.3, -0.25) is 9.78 Å². The monoisotopic (exact) mass is 440 g/mol. The highest BCUT2D eigenvalue weighted by atomic mass is 35.5. The van der Waals surface area contributed by atoms with Gasteiger partial charge in [-0.05, 0) is 47.5 Å². The van der Waals surface area contributed by atoms with Crippen molar-refractivity contribution in [2.45, 2.75) is 6.54 Å². The molecule has 2 aromatic heterocycles. The predicted octanol–water partition coefficient (Wildman–Crippen LogP) is 5.46. The summed E-state index contributed by atoms with van der Waals surface area (Å²) in [6, 6.07) is 16.1. The van der Waals surface area contributed by atoms with E-state index in [9.17, 15) is 4.79 Å². The standard InChI is InChI=1S/C23H18Cl2N2O3/c1-29-17-4-5-18-21(13-17)26-9-8-22(18)30-11-10-27-14-16(3-7-23(27)28)15-2-6-19(24)20(25)12-15/h2-9,12-14H,10-11H2,1H3. The average Bonchev–Trinajstić information content (AvgIpc) is 2.76. The van der Waals surface area contributed by atoms with Gasteiger partial charge >= 0.3 is 0 Å². The first-order valence-corrected chi connectivity index (χ1v) is 10.0. The summed E-state index contributed by atoms with van der Waals surface area (Å²) in [4.78, 5) is 16.6. The number of methoxy groups -OCH3 is 1. The zero-order chi connectivity index (χ0) is 21.1. The molecule has 0 aliphatic rings. The van der Waals surface area contributed by atoms with Gasteiger partial charge in [0, 0.05) is 29.9 Å². The second-order valence-corrected chi connectivity index (χ2v) is 7.43. The van der Waals surface area contributed by atoms with E-state index in [0.29, 0.717) is 28.9 Å². The van der Waals surface area contributed by atoms with Crippen LogP contribution in [0.3, 0.4) is 0 Å². The minimum atomic E-state index is -0.105. The lowest BCUT2D eigenvalue weighted by Gasteiger charge is -2.12. The van der Waals surface area contributed by atoms with Gasteiger partial charge in [0.2, 0.25) is 0 Å². The van der Waals surface area contributed by atoms with Crippen LogP contribution in [0.4, 0.5) is 0 Å². The molecule has 0 amide bonds. The molecule has 0 spiro atoms. The number of hydrogen-bond acceptors (Lipinski definition) is 4. The van der Waals surface area contributed by atoms with E-state index in [0.717, 1.165) is 27.8 Å². The maximum Gasteiger partial charge on any atom is 0.250 e. The molecule has 0 radical (unpaired) electrons. The molecule has 2 aromatic carbocycles. The number of fused-ring (bicyclic) bond motifs is 1. The van der Waals surface area contributed by atoms with E-state index in [1.807, 2.05) is 30.3 Å². The second kappa shape index (κ2) is 8.78. The number of nitrogens with zero attached hydrogens (tertiary/aromatic N) is 2. The number of rotatable bonds is 6. The molecular weight excluding hydrogens is 423 g/mol. The van der Waals surface area contributed by atoms with Gasteiger partial charge in [-0.1, -0.05) is 29.3 Å². The molecule has 0 aliphatic heterocycles. The van der Waals surface area contributed by atoms with Crippen LogP contribution < -0.4 is 15.0 Å². The van der Waals surface area contributed by atoms with Gasteiger partial charge in [0.25, 0.3) is 5.56 Å². The average molecular weight is 441 g/mol. The molecule has 0 N–H and O–H groups in total. The Hall–Kier alpha value is -3.02. The molecule has 30 heavy (non-hydrogen) atoms. The third-order valence-corrected chi connectivity index (χ3v) is 5.48. The number of halogens is 2. The Labute approximate surface area is 183 Å². The quantitative estimate of drug-likeness (QED) is 0.399. The SMILES string of the molecule is COc1ccc2c(OCCn3cc(-c4ccc(Cl)c(Cl)c4)ccc3=O)ccnc2c1. The minimum Gasteiger partial charge on any atom is -0.497 e. The highest BCUT2D eigenvalue weighted by Crippen LogP contribution is 2.29. The van der Waals surface area contributed by atoms with Crippen LogP contribution in [0.25, 0.3) is 22.0 Å². The van der Waals surface area contributed by atoms with Crippen LogP contribution in [0.15, 0.2) is 71.8 Å². The number of hydrogen-bond donors (Lipinski definition) is 0. The van der Waals surface area contributed by atoms with Crippen molar-refractivity contribution in [2.75, 3.05) is 13.7 Å². The Bertz CT molecular complexity index is 1270. The van der Waals surface area contributed by atoms with Crippen LogP contribution >= 0.6 is 23.2 Å². The van der Waals surface area contributed by atoms with Crippen molar-refractivity contribution < 1.29 is 9.47 Å². The topological polar surface area (TPSA) is 53.4 Å². The van der Waals surface area contributed by atoms with Crippen LogP contribution in [0.5, 0.6) is 11.5 Å². The van der Waals surface area contributed by atoms with Gasteiger partial charge < -0.3 is 14.0 Å². The molecule has 4 aromatic rings. The number of benzene rings is 2. The maximum atomic E-state index is 12.3. The van der Waals surface area contributed by atoms with Gasteiger partial charge in [-0.25, -0.2) is 0 Å². The zero-order valence-electron chi connectivity index (χ0n) is 16.1. The van der Waals surface area contributed by atoms with Gasteiger partial charge in [0.05, 0.1) is 29.2 Å². The summed E-state index contributed by atoms with van der Waals surface area (Å²) in [5.74, 6) is 1.44. The molecule has 0 aliphatic carbocycles. The third kappa shape index (κ3) is 4.27. The molecule has 0 saturated heterocycles. The van der Waals surface area contributed by atoms with E-state index in [4.69, 9.17) is 32.7 Å². The van der Waals surface area contributed by atoms with Gasteiger partial charge in [0.15, 0.2) is 0 Å². The molecule has 152 valence electrons. The highest BCUT2D eigenvalue weighted by molar-refractivity contribution is 6.42. The lowest BCUT2D eigenvalue weighted by Crippen LogP contribution is -2.21. The summed E-state index contributed by atoms with van der Waals surface area (Å²) in [5.41, 5.74) is 2.43. The summed E-state index contributed by atoms with van der Waals surface area (Å²) in [6.45, 7) is 0.726. The first-order chi connectivity index (χ1) is 14.5. The molecule has 0 saturated carbocycles. The molecule has 0 atom stereocenters. The van der Waals surface area contributed by atoms with Crippen molar-refractivity contribution in [1.82, 2.24) is 9.55 Å².